The summed E-state index contributed by atoms with van der Waals surface area (Å²) in [4.78, 5) is 0. The van der Waals surface area contributed by atoms with Crippen LogP contribution in [0.1, 0.15) is 59.3 Å². The topological polar surface area (TPSA) is 74.8 Å². The monoisotopic (exact) mass is 304 g/mol. The molecule has 0 heterocycles. The van der Waals surface area contributed by atoms with Crippen LogP contribution >= 0.6 is 7.92 Å². The molecule has 106 valence electrons. The van der Waals surface area contributed by atoms with Gasteiger partial charge in [0.25, 0.3) is 0 Å². The maximum atomic E-state index is 8.49. The van der Waals surface area contributed by atoms with Crippen LogP contribution in [0.3, 0.4) is 0 Å². The molecule has 0 aromatic heterocycles. The summed E-state index contributed by atoms with van der Waals surface area (Å²) in [7, 11) is -0.578. The van der Waals surface area contributed by atoms with Crippen LogP contribution in [0.25, 0.3) is 0 Å². The Labute approximate surface area is 158 Å². The SMILES string of the molecule is CCCCP(CCCC)CCCC.O.[K+].[O-]BO. The molecular formula is C12H31BKO3P. The minimum Gasteiger partial charge on any atom is -0.859 e. The van der Waals surface area contributed by atoms with Gasteiger partial charge in [0.15, 0.2) is 7.69 Å². The zero-order valence-corrected chi connectivity index (χ0v) is 16.9. The molecule has 0 atom stereocenters. The molecule has 0 aliphatic rings. The zero-order chi connectivity index (χ0) is 12.6. The van der Waals surface area contributed by atoms with Crippen LogP contribution in [0.2, 0.25) is 0 Å². The fraction of sp³-hybridized carbons (Fsp3) is 1.00. The Hall–Kier alpha value is 2.01. The second kappa shape index (κ2) is 27.4. The molecule has 0 unspecified atom stereocenters. The average molecular weight is 304 g/mol. The Morgan fingerprint density at radius 2 is 1.11 bits per heavy atom. The normalized spacial score (nSPS) is 8.78. The summed E-state index contributed by atoms with van der Waals surface area (Å²) in [5.74, 6) is 0. The van der Waals surface area contributed by atoms with E-state index in [1.54, 1.807) is 18.5 Å². The standard InChI is InChI=1S/C12H27P.BH2O2.K.H2O/c1-4-7-10-13(11-8-5-2)12-9-6-3;2-1-3;;/h4-12H2,1-3H3;1-2H;;1H2/q;-1;+1;. The summed E-state index contributed by atoms with van der Waals surface area (Å²) in [6, 6.07) is 0. The molecule has 0 fully saturated rings. The molecule has 0 aliphatic heterocycles. The van der Waals surface area contributed by atoms with Crippen LogP contribution in [0, 0.1) is 0 Å². The van der Waals surface area contributed by atoms with Gasteiger partial charge < -0.3 is 15.5 Å². The fourth-order valence-corrected chi connectivity index (χ4v) is 4.44. The maximum absolute atomic E-state index is 8.49. The van der Waals surface area contributed by atoms with E-state index in [1.807, 2.05) is 0 Å². The number of hydrogen-bond donors (Lipinski definition) is 1. The molecule has 0 radical (unpaired) electrons. The Balaban J connectivity index is -0.000000177. The summed E-state index contributed by atoms with van der Waals surface area (Å²) >= 11 is 0. The van der Waals surface area contributed by atoms with Crippen LogP contribution in [0.5, 0.6) is 0 Å². The molecule has 0 aliphatic carbocycles. The molecule has 0 rings (SSSR count). The van der Waals surface area contributed by atoms with Gasteiger partial charge in [0.2, 0.25) is 0 Å². The minimum absolute atomic E-state index is 0. The molecule has 3 nitrogen and oxygen atoms in total. The van der Waals surface area contributed by atoms with Crippen molar-refractivity contribution in [3.63, 3.8) is 0 Å². The smallest absolute Gasteiger partial charge is 0.859 e. The van der Waals surface area contributed by atoms with Gasteiger partial charge in [-0.3, -0.25) is 0 Å². The Kier molecular flexibility index (Phi) is 42.9. The van der Waals surface area contributed by atoms with Gasteiger partial charge in [-0.2, -0.15) is 0 Å². The second-order valence-corrected chi connectivity index (χ2v) is 6.71. The third-order valence-corrected chi connectivity index (χ3v) is 5.33. The van der Waals surface area contributed by atoms with Gasteiger partial charge in [0.05, 0.1) is 0 Å². The molecule has 0 aromatic carbocycles. The molecule has 3 N–H and O–H groups in total. The van der Waals surface area contributed by atoms with E-state index in [-0.39, 0.29) is 56.9 Å². The van der Waals surface area contributed by atoms with E-state index in [0.717, 1.165) is 0 Å². The van der Waals surface area contributed by atoms with Crippen LogP contribution < -0.4 is 56.4 Å². The first-order chi connectivity index (χ1) is 7.76. The first-order valence-electron chi connectivity index (χ1n) is 6.67. The first kappa shape index (κ1) is 28.2. The van der Waals surface area contributed by atoms with Crippen molar-refractivity contribution in [3.05, 3.63) is 0 Å². The summed E-state index contributed by atoms with van der Waals surface area (Å²) in [6.45, 7) is 6.94. The van der Waals surface area contributed by atoms with E-state index in [0.29, 0.717) is 7.92 Å². The van der Waals surface area contributed by atoms with Gasteiger partial charge in [-0.1, -0.05) is 40.0 Å². The van der Waals surface area contributed by atoms with Crippen molar-refractivity contribution in [2.24, 2.45) is 0 Å². The molecule has 0 spiro atoms. The van der Waals surface area contributed by atoms with E-state index in [1.165, 1.54) is 38.5 Å². The van der Waals surface area contributed by atoms with Crippen LogP contribution in [0.15, 0.2) is 0 Å². The first-order valence-corrected chi connectivity index (χ1v) is 8.57. The van der Waals surface area contributed by atoms with Gasteiger partial charge in [-0.05, 0) is 37.7 Å². The molecule has 0 aromatic rings. The maximum Gasteiger partial charge on any atom is 1.00 e. The van der Waals surface area contributed by atoms with Crippen molar-refractivity contribution in [2.75, 3.05) is 18.5 Å². The van der Waals surface area contributed by atoms with Gasteiger partial charge in [-0.15, -0.1) is 7.92 Å². The van der Waals surface area contributed by atoms with Crippen molar-refractivity contribution in [1.82, 2.24) is 0 Å². The molecule has 0 amide bonds. The molecule has 6 heteroatoms. The largest absolute Gasteiger partial charge is 1.00 e. The van der Waals surface area contributed by atoms with Gasteiger partial charge in [-0.25, -0.2) is 0 Å². The van der Waals surface area contributed by atoms with Crippen molar-refractivity contribution in [1.29, 1.82) is 0 Å². The van der Waals surface area contributed by atoms with Gasteiger partial charge in [0, 0.05) is 0 Å². The molecule has 0 saturated heterocycles. The van der Waals surface area contributed by atoms with Crippen molar-refractivity contribution >= 4 is 15.6 Å². The number of rotatable bonds is 9. The Bertz CT molecular complexity index is 104. The zero-order valence-electron chi connectivity index (χ0n) is 12.9. The number of hydrogen-bond acceptors (Lipinski definition) is 2. The number of unbranched alkanes of at least 4 members (excludes halogenated alkanes) is 3. The second-order valence-electron chi connectivity index (χ2n) is 4.03. The molecule has 0 bridgehead atoms. The quantitative estimate of drug-likeness (QED) is 0.423. The van der Waals surface area contributed by atoms with Crippen molar-refractivity contribution in [3.8, 4) is 0 Å². The van der Waals surface area contributed by atoms with Crippen LogP contribution in [0.4, 0.5) is 0 Å². The van der Waals surface area contributed by atoms with Crippen LogP contribution in [-0.4, -0.2) is 36.7 Å². The minimum atomic E-state index is -1.00. The predicted octanol–water partition coefficient (Wildman–Crippen LogP) is -1.35. The van der Waals surface area contributed by atoms with Crippen LogP contribution in [-0.2, 0) is 0 Å². The fourth-order valence-electron chi connectivity index (χ4n) is 1.48. The molecular weight excluding hydrogens is 273 g/mol. The van der Waals surface area contributed by atoms with E-state index in [4.69, 9.17) is 10.0 Å². The van der Waals surface area contributed by atoms with E-state index in [9.17, 15) is 0 Å². The third-order valence-electron chi connectivity index (χ3n) is 2.48. The average Bonchev–Trinajstić information content (AvgIpc) is 2.29. The summed E-state index contributed by atoms with van der Waals surface area (Å²) < 4.78 is 0. The van der Waals surface area contributed by atoms with Crippen molar-refractivity contribution in [2.45, 2.75) is 59.3 Å². The summed E-state index contributed by atoms with van der Waals surface area (Å²) in [5, 5.41) is 15.5. The molecule has 0 saturated carbocycles. The third kappa shape index (κ3) is 26.5. The summed E-state index contributed by atoms with van der Waals surface area (Å²) in [6.07, 6.45) is 13.2. The van der Waals surface area contributed by atoms with Gasteiger partial charge >= 0.3 is 51.4 Å². The van der Waals surface area contributed by atoms with E-state index < -0.39 is 7.69 Å². The molecule has 18 heavy (non-hydrogen) atoms. The summed E-state index contributed by atoms with van der Waals surface area (Å²) in [5.41, 5.74) is 0. The Morgan fingerprint density at radius 3 is 1.28 bits per heavy atom. The van der Waals surface area contributed by atoms with E-state index >= 15 is 0 Å². The van der Waals surface area contributed by atoms with Crippen molar-refractivity contribution < 1.29 is 66.9 Å². The van der Waals surface area contributed by atoms with E-state index in [2.05, 4.69) is 20.8 Å². The Morgan fingerprint density at radius 1 is 0.889 bits per heavy atom. The van der Waals surface area contributed by atoms with Gasteiger partial charge in [0.1, 0.15) is 0 Å². The predicted molar refractivity (Wildman–Crippen MR) is 79.2 cm³/mol.